The summed E-state index contributed by atoms with van der Waals surface area (Å²) in [5.41, 5.74) is 5.22. The van der Waals surface area contributed by atoms with E-state index in [2.05, 4.69) is 73.1 Å². The summed E-state index contributed by atoms with van der Waals surface area (Å²) in [6, 6.07) is 14.7. The van der Waals surface area contributed by atoms with Gasteiger partial charge in [-0.2, -0.15) is 12.6 Å². The van der Waals surface area contributed by atoms with Crippen LogP contribution in [0.2, 0.25) is 0 Å². The minimum absolute atomic E-state index is 0.279. The van der Waals surface area contributed by atoms with Gasteiger partial charge in [0.1, 0.15) is 5.75 Å². The van der Waals surface area contributed by atoms with Gasteiger partial charge >= 0.3 is 0 Å². The average molecular weight is 558 g/mol. The Kier molecular flexibility index (Phi) is 8.27. The summed E-state index contributed by atoms with van der Waals surface area (Å²) in [5, 5.41) is 8.87. The van der Waals surface area contributed by atoms with E-state index in [4.69, 9.17) is 9.72 Å². The Morgan fingerprint density at radius 3 is 2.67 bits per heavy atom. The molecule has 0 saturated heterocycles. The molecule has 2 heterocycles. The van der Waals surface area contributed by atoms with Crippen molar-refractivity contribution in [3.63, 3.8) is 0 Å². The van der Waals surface area contributed by atoms with Gasteiger partial charge in [0.15, 0.2) is 0 Å². The number of hydrogen-bond donors (Lipinski definition) is 3. The molecule has 1 amide bonds. The highest BCUT2D eigenvalue weighted by Crippen LogP contribution is 2.41. The Morgan fingerprint density at radius 2 is 1.95 bits per heavy atom. The van der Waals surface area contributed by atoms with Crippen LogP contribution in [0, 0.1) is 0 Å². The fourth-order valence-electron chi connectivity index (χ4n) is 4.72. The Hall–Kier alpha value is -4.02. The molecule has 1 fully saturated rings. The maximum absolute atomic E-state index is 12.5. The summed E-state index contributed by atoms with van der Waals surface area (Å²) in [7, 11) is 7.66. The van der Waals surface area contributed by atoms with E-state index in [1.165, 1.54) is 35.2 Å². The lowest BCUT2D eigenvalue weighted by atomic mass is 10.1. The van der Waals surface area contributed by atoms with Crippen molar-refractivity contribution in [3.05, 3.63) is 66.3 Å². The van der Waals surface area contributed by atoms with Gasteiger partial charge < -0.3 is 29.7 Å². The van der Waals surface area contributed by atoms with E-state index in [0.29, 0.717) is 29.1 Å². The van der Waals surface area contributed by atoms with E-state index in [0.717, 1.165) is 30.0 Å². The third-order valence-electron chi connectivity index (χ3n) is 6.95. The van der Waals surface area contributed by atoms with Gasteiger partial charge in [-0.05, 0) is 50.5 Å². The number of ether oxygens (including phenoxy) is 1. The van der Waals surface area contributed by atoms with Crippen molar-refractivity contribution in [2.75, 3.05) is 56.9 Å². The number of nitrogens with one attached hydrogen (secondary N) is 2. The quantitative estimate of drug-likeness (QED) is 0.164. The lowest BCUT2D eigenvalue weighted by Crippen LogP contribution is -2.29. The second kappa shape index (κ2) is 12.0. The van der Waals surface area contributed by atoms with Crippen LogP contribution in [-0.4, -0.2) is 66.7 Å². The maximum atomic E-state index is 12.5. The van der Waals surface area contributed by atoms with E-state index in [1.54, 1.807) is 13.3 Å². The first-order chi connectivity index (χ1) is 19.4. The molecule has 1 aliphatic rings. The van der Waals surface area contributed by atoms with E-state index in [-0.39, 0.29) is 5.91 Å². The predicted octanol–water partition coefficient (Wildman–Crippen LogP) is 5.57. The molecule has 0 spiro atoms. The minimum Gasteiger partial charge on any atom is -0.494 e. The van der Waals surface area contributed by atoms with Gasteiger partial charge in [0, 0.05) is 67.2 Å². The van der Waals surface area contributed by atoms with E-state index < -0.39 is 0 Å². The first kappa shape index (κ1) is 27.5. The molecule has 2 aromatic heterocycles. The smallest absolute Gasteiger partial charge is 0.248 e. The highest BCUT2D eigenvalue weighted by Gasteiger charge is 2.26. The number of hydrogen-bond acceptors (Lipinski definition) is 8. The van der Waals surface area contributed by atoms with Gasteiger partial charge in [-0.3, -0.25) is 4.79 Å². The van der Waals surface area contributed by atoms with Crippen LogP contribution in [0.15, 0.2) is 66.3 Å². The molecule has 2 N–H and O–H groups in total. The molecule has 0 radical (unpaired) electrons. The number of nitrogens with zero attached hydrogens (tertiary/aromatic N) is 5. The van der Waals surface area contributed by atoms with Crippen molar-refractivity contribution in [2.24, 2.45) is 0 Å². The van der Waals surface area contributed by atoms with Crippen LogP contribution in [0.1, 0.15) is 18.9 Å². The first-order valence-corrected chi connectivity index (χ1v) is 13.8. The summed E-state index contributed by atoms with van der Waals surface area (Å²) in [6.45, 7) is 1.61. The number of anilines is 4. The Morgan fingerprint density at radius 1 is 1.15 bits per heavy atom. The van der Waals surface area contributed by atoms with E-state index >= 15 is 0 Å². The van der Waals surface area contributed by atoms with Gasteiger partial charge in [-0.15, -0.1) is 0 Å². The summed E-state index contributed by atoms with van der Waals surface area (Å²) in [5.74, 6) is 0.757. The van der Waals surface area contributed by atoms with E-state index in [9.17, 15) is 4.79 Å². The summed E-state index contributed by atoms with van der Waals surface area (Å²) in [6.07, 6.45) is 7.74. The SMILES string of the molecule is COc1cc(N(C)CCN(C)C)c(NC(=O)/C=C\S)cc1Nc1nccc(-c2cn(C3CC3)c3ccccc23)n1. The number of thiol groups is 1. The summed E-state index contributed by atoms with van der Waals surface area (Å²) >= 11 is 4.04. The number of aromatic nitrogens is 3. The van der Waals surface area contributed by atoms with Crippen molar-refractivity contribution < 1.29 is 9.53 Å². The molecule has 4 aromatic rings. The van der Waals surface area contributed by atoms with Crippen LogP contribution in [-0.2, 0) is 4.79 Å². The van der Waals surface area contributed by atoms with Gasteiger partial charge in [0.05, 0.1) is 29.9 Å². The topological polar surface area (TPSA) is 87.5 Å². The molecule has 2 aromatic carbocycles. The molecule has 10 heteroatoms. The summed E-state index contributed by atoms with van der Waals surface area (Å²) in [4.78, 5) is 26.0. The number of carbonyl (C=O) groups excluding carboxylic acids is 1. The zero-order valence-electron chi connectivity index (χ0n) is 23.3. The number of rotatable bonds is 11. The van der Waals surface area contributed by atoms with Crippen LogP contribution in [0.3, 0.4) is 0 Å². The second-order valence-corrected chi connectivity index (χ2v) is 10.5. The molecule has 0 aliphatic heterocycles. The molecule has 5 rings (SSSR count). The van der Waals surface area contributed by atoms with Gasteiger partial charge in [0.25, 0.3) is 0 Å². The lowest BCUT2D eigenvalue weighted by molar-refractivity contribution is -0.111. The zero-order chi connectivity index (χ0) is 28.2. The number of likely N-dealkylation sites (N-methyl/N-ethyl adjacent to an activating group) is 2. The van der Waals surface area contributed by atoms with Gasteiger partial charge in [-0.25, -0.2) is 9.97 Å². The average Bonchev–Trinajstić information content (AvgIpc) is 3.72. The van der Waals surface area contributed by atoms with Crippen LogP contribution in [0.25, 0.3) is 22.2 Å². The standard InChI is InChI=1S/C30H35N7O2S/c1-35(2)14-15-36(3)27-18-28(39-4)25(17-24(27)32-29(38)12-16-40)34-30-31-13-11-23(33-30)22-19-37(20-9-10-20)26-8-6-5-7-21(22)26/h5-8,11-13,16-20,40H,9-10,14-15H2,1-4H3,(H,32,38)(H,31,33,34)/b16-12-. The largest absolute Gasteiger partial charge is 0.494 e. The van der Waals surface area contributed by atoms with Crippen LogP contribution in [0.5, 0.6) is 5.75 Å². The lowest BCUT2D eigenvalue weighted by Gasteiger charge is -2.26. The maximum Gasteiger partial charge on any atom is 0.248 e. The van der Waals surface area contributed by atoms with Crippen molar-refractivity contribution >= 4 is 52.4 Å². The molecule has 9 nitrogen and oxygen atoms in total. The molecule has 40 heavy (non-hydrogen) atoms. The zero-order valence-corrected chi connectivity index (χ0v) is 24.2. The number of benzene rings is 2. The van der Waals surface area contributed by atoms with Crippen molar-refractivity contribution in [1.29, 1.82) is 0 Å². The van der Waals surface area contributed by atoms with Crippen LogP contribution >= 0.6 is 12.6 Å². The Balaban J connectivity index is 1.50. The fourth-order valence-corrected chi connectivity index (χ4v) is 4.85. The highest BCUT2D eigenvalue weighted by molar-refractivity contribution is 7.83. The molecule has 1 aliphatic carbocycles. The number of methoxy groups -OCH3 is 1. The number of amides is 1. The summed E-state index contributed by atoms with van der Waals surface area (Å²) < 4.78 is 8.12. The molecular weight excluding hydrogens is 522 g/mol. The fraction of sp³-hybridized carbons (Fsp3) is 0.300. The van der Waals surface area contributed by atoms with Gasteiger partial charge in [0.2, 0.25) is 11.9 Å². The van der Waals surface area contributed by atoms with Crippen molar-refractivity contribution in [3.8, 4) is 17.0 Å². The van der Waals surface area contributed by atoms with E-state index in [1.807, 2.05) is 39.3 Å². The third-order valence-corrected chi connectivity index (χ3v) is 7.10. The Bertz CT molecular complexity index is 1540. The van der Waals surface area contributed by atoms with Crippen molar-refractivity contribution in [1.82, 2.24) is 19.4 Å². The molecule has 208 valence electrons. The third kappa shape index (κ3) is 6.08. The molecule has 1 saturated carbocycles. The molecule has 0 unspecified atom stereocenters. The first-order valence-electron chi connectivity index (χ1n) is 13.3. The normalized spacial score (nSPS) is 13.2. The highest BCUT2D eigenvalue weighted by atomic mass is 32.1. The molecular formula is C30H35N7O2S. The number of carbonyl (C=O) groups is 1. The number of fused-ring (bicyclic) bond motifs is 1. The minimum atomic E-state index is -0.279. The second-order valence-electron chi connectivity index (χ2n) is 10.2. The Labute approximate surface area is 240 Å². The van der Waals surface area contributed by atoms with Crippen LogP contribution < -0.4 is 20.3 Å². The van der Waals surface area contributed by atoms with Crippen molar-refractivity contribution in [2.45, 2.75) is 18.9 Å². The van der Waals surface area contributed by atoms with Crippen LogP contribution in [0.4, 0.5) is 23.0 Å². The number of para-hydroxylation sites is 1. The van der Waals surface area contributed by atoms with Gasteiger partial charge in [-0.1, -0.05) is 18.2 Å². The monoisotopic (exact) mass is 557 g/mol. The predicted molar refractivity (Wildman–Crippen MR) is 166 cm³/mol. The molecule has 0 atom stereocenters. The molecule has 0 bridgehead atoms.